The molecule has 0 aliphatic rings. The number of nitrogens with zero attached hydrogens (tertiary/aromatic N) is 2. The number of rotatable bonds is 6. The van der Waals surface area contributed by atoms with E-state index in [0.29, 0.717) is 12.6 Å². The molecule has 0 atom stereocenters. The molecule has 0 fully saturated rings. The minimum absolute atomic E-state index is 0.0707. The van der Waals surface area contributed by atoms with Gasteiger partial charge < -0.3 is 5.32 Å². The van der Waals surface area contributed by atoms with Crippen LogP contribution < -0.4 is 10.9 Å². The molecule has 4 nitrogen and oxygen atoms in total. The maximum Gasteiger partial charge on any atom is 0.271 e. The molecule has 0 saturated carbocycles. The smallest absolute Gasteiger partial charge is 0.271 e. The van der Waals surface area contributed by atoms with Crippen LogP contribution in [-0.4, -0.2) is 22.1 Å². The maximum atomic E-state index is 12.1. The molecule has 0 radical (unpaired) electrons. The third-order valence-electron chi connectivity index (χ3n) is 3.21. The molecule has 5 heteroatoms. The molecule has 18 heavy (non-hydrogen) atoms. The van der Waals surface area contributed by atoms with E-state index >= 15 is 0 Å². The molecule has 0 spiro atoms. The number of nitrogens with one attached hydrogen (secondary N) is 1. The van der Waals surface area contributed by atoms with E-state index in [9.17, 15) is 4.79 Å². The van der Waals surface area contributed by atoms with Gasteiger partial charge in [0.1, 0.15) is 4.70 Å². The van der Waals surface area contributed by atoms with Gasteiger partial charge in [0, 0.05) is 19.1 Å². The fourth-order valence-electron chi connectivity index (χ4n) is 2.00. The van der Waals surface area contributed by atoms with Gasteiger partial charge in [-0.15, -0.1) is 11.3 Å². The van der Waals surface area contributed by atoms with Crippen molar-refractivity contribution in [2.75, 3.05) is 6.54 Å². The van der Waals surface area contributed by atoms with Gasteiger partial charge in [0.15, 0.2) is 0 Å². The Morgan fingerprint density at radius 2 is 2.22 bits per heavy atom. The molecule has 2 aromatic heterocycles. The van der Waals surface area contributed by atoms with Crippen LogP contribution in [0.2, 0.25) is 0 Å². The number of fused-ring (bicyclic) bond motifs is 1. The lowest BCUT2D eigenvalue weighted by atomic mass is 10.2. The maximum absolute atomic E-state index is 12.1. The van der Waals surface area contributed by atoms with Gasteiger partial charge in [0.05, 0.1) is 11.8 Å². The first-order chi connectivity index (χ1) is 8.76. The summed E-state index contributed by atoms with van der Waals surface area (Å²) in [5.74, 6) is 0. The zero-order chi connectivity index (χ0) is 13.0. The van der Waals surface area contributed by atoms with Gasteiger partial charge in [0.2, 0.25) is 0 Å². The monoisotopic (exact) mass is 265 g/mol. The van der Waals surface area contributed by atoms with Crippen LogP contribution >= 0.6 is 11.3 Å². The van der Waals surface area contributed by atoms with Crippen LogP contribution in [0, 0.1) is 0 Å². The molecule has 0 amide bonds. The number of hydrogen-bond acceptors (Lipinski definition) is 4. The molecule has 2 rings (SSSR count). The Morgan fingerprint density at radius 3 is 2.94 bits per heavy atom. The molecule has 0 saturated heterocycles. The van der Waals surface area contributed by atoms with E-state index in [1.807, 2.05) is 11.4 Å². The van der Waals surface area contributed by atoms with E-state index in [2.05, 4.69) is 24.1 Å². The Balaban J connectivity index is 2.03. The first kappa shape index (κ1) is 13.2. The van der Waals surface area contributed by atoms with Gasteiger partial charge in [-0.3, -0.25) is 9.36 Å². The van der Waals surface area contributed by atoms with Crippen LogP contribution in [0.3, 0.4) is 0 Å². The minimum Gasteiger partial charge on any atom is -0.312 e. The Labute approximate surface area is 111 Å². The summed E-state index contributed by atoms with van der Waals surface area (Å²) in [4.78, 5) is 16.4. The Hall–Kier alpha value is -1.20. The second-order valence-corrected chi connectivity index (χ2v) is 5.26. The lowest BCUT2D eigenvalue weighted by Crippen LogP contribution is -2.33. The minimum atomic E-state index is 0.0707. The largest absolute Gasteiger partial charge is 0.312 e. The number of thiophene rings is 1. The summed E-state index contributed by atoms with van der Waals surface area (Å²) < 4.78 is 2.44. The lowest BCUT2D eigenvalue weighted by Gasteiger charge is -2.14. The van der Waals surface area contributed by atoms with Crippen LogP contribution in [-0.2, 0) is 6.54 Å². The highest BCUT2D eigenvalue weighted by molar-refractivity contribution is 7.17. The van der Waals surface area contributed by atoms with E-state index in [0.717, 1.165) is 29.6 Å². The molecule has 1 N–H and O–H groups in total. The second-order valence-electron chi connectivity index (χ2n) is 4.35. The topological polar surface area (TPSA) is 46.9 Å². The van der Waals surface area contributed by atoms with Crippen molar-refractivity contribution in [1.29, 1.82) is 0 Å². The van der Waals surface area contributed by atoms with Gasteiger partial charge >= 0.3 is 0 Å². The summed E-state index contributed by atoms with van der Waals surface area (Å²) in [5, 5.41) is 5.36. The van der Waals surface area contributed by atoms with E-state index in [-0.39, 0.29) is 5.56 Å². The van der Waals surface area contributed by atoms with Crippen molar-refractivity contribution >= 4 is 21.6 Å². The average molecular weight is 265 g/mol. The fourth-order valence-corrected chi connectivity index (χ4v) is 2.80. The number of aromatic nitrogens is 2. The molecule has 0 aliphatic carbocycles. The summed E-state index contributed by atoms with van der Waals surface area (Å²) in [6.07, 6.45) is 3.88. The Bertz CT molecular complexity index is 557. The van der Waals surface area contributed by atoms with Crippen molar-refractivity contribution in [2.45, 2.75) is 39.3 Å². The van der Waals surface area contributed by atoms with Crippen LogP contribution in [0.1, 0.15) is 26.7 Å². The molecule has 0 bridgehead atoms. The third-order valence-corrected chi connectivity index (χ3v) is 4.10. The molecular formula is C13H19N3OS. The van der Waals surface area contributed by atoms with E-state index < -0.39 is 0 Å². The summed E-state index contributed by atoms with van der Waals surface area (Å²) >= 11 is 1.46. The van der Waals surface area contributed by atoms with E-state index in [1.165, 1.54) is 11.3 Å². The van der Waals surface area contributed by atoms with Crippen LogP contribution in [0.25, 0.3) is 10.2 Å². The summed E-state index contributed by atoms with van der Waals surface area (Å²) in [6.45, 7) is 5.83. The molecule has 0 unspecified atom stereocenters. The SMILES string of the molecule is CCC(CC)NCCn1cnc2ccsc2c1=O. The normalized spacial score (nSPS) is 11.5. The fraction of sp³-hybridized carbons (Fsp3) is 0.538. The van der Waals surface area contributed by atoms with Crippen molar-refractivity contribution in [1.82, 2.24) is 14.9 Å². The Kier molecular flexibility index (Phi) is 4.49. The predicted octanol–water partition coefficient (Wildman–Crippen LogP) is 2.24. The van der Waals surface area contributed by atoms with Gasteiger partial charge in [-0.05, 0) is 24.3 Å². The lowest BCUT2D eigenvalue weighted by molar-refractivity contribution is 0.462. The van der Waals surface area contributed by atoms with Gasteiger partial charge in [0.25, 0.3) is 5.56 Å². The highest BCUT2D eigenvalue weighted by Crippen LogP contribution is 2.12. The van der Waals surface area contributed by atoms with Crippen LogP contribution in [0.15, 0.2) is 22.6 Å². The summed E-state index contributed by atoms with van der Waals surface area (Å²) in [5.41, 5.74) is 0.871. The molecule has 0 aromatic carbocycles. The molecule has 2 heterocycles. The Morgan fingerprint density at radius 1 is 1.44 bits per heavy atom. The number of hydrogen-bond donors (Lipinski definition) is 1. The van der Waals surface area contributed by atoms with Gasteiger partial charge in [-0.25, -0.2) is 4.98 Å². The zero-order valence-electron chi connectivity index (χ0n) is 10.8. The van der Waals surface area contributed by atoms with Crippen molar-refractivity contribution in [2.24, 2.45) is 0 Å². The average Bonchev–Trinajstić information content (AvgIpc) is 2.86. The standard InChI is InChI=1S/C13H19N3OS/c1-3-10(4-2)14-6-7-16-9-15-11-5-8-18-12(11)13(16)17/h5,8-10,14H,3-4,6-7H2,1-2H3. The third kappa shape index (κ3) is 2.79. The predicted molar refractivity (Wildman–Crippen MR) is 76.3 cm³/mol. The highest BCUT2D eigenvalue weighted by Gasteiger charge is 2.06. The first-order valence-corrected chi connectivity index (χ1v) is 7.30. The second kappa shape index (κ2) is 6.11. The quantitative estimate of drug-likeness (QED) is 0.871. The molecular weight excluding hydrogens is 246 g/mol. The molecule has 98 valence electrons. The van der Waals surface area contributed by atoms with Crippen molar-refractivity contribution < 1.29 is 0 Å². The van der Waals surface area contributed by atoms with Crippen molar-refractivity contribution in [3.8, 4) is 0 Å². The van der Waals surface area contributed by atoms with Crippen molar-refractivity contribution in [3.05, 3.63) is 28.1 Å². The van der Waals surface area contributed by atoms with Crippen molar-refractivity contribution in [3.63, 3.8) is 0 Å². The van der Waals surface area contributed by atoms with E-state index in [1.54, 1.807) is 10.9 Å². The van der Waals surface area contributed by atoms with E-state index in [4.69, 9.17) is 0 Å². The van der Waals surface area contributed by atoms with Crippen LogP contribution in [0.5, 0.6) is 0 Å². The van der Waals surface area contributed by atoms with Gasteiger partial charge in [-0.2, -0.15) is 0 Å². The summed E-state index contributed by atoms with van der Waals surface area (Å²) in [7, 11) is 0. The van der Waals surface area contributed by atoms with Gasteiger partial charge in [-0.1, -0.05) is 13.8 Å². The zero-order valence-corrected chi connectivity index (χ0v) is 11.7. The molecule has 0 aliphatic heterocycles. The first-order valence-electron chi connectivity index (χ1n) is 6.42. The molecule has 2 aromatic rings. The summed E-state index contributed by atoms with van der Waals surface area (Å²) in [6, 6.07) is 2.42. The highest BCUT2D eigenvalue weighted by atomic mass is 32.1. The van der Waals surface area contributed by atoms with Crippen LogP contribution in [0.4, 0.5) is 0 Å².